The molecule has 0 N–H and O–H groups in total. The van der Waals surface area contributed by atoms with Crippen molar-refractivity contribution in [2.24, 2.45) is 0 Å². The standard InChI is InChI=1S/C12H14BrClN2/c1-9(5-6-15)16(2)11-4-3-10(8-14)12(13)7-11/h3-4,7,9H,5,8H2,1-2H3. The Kier molecular flexibility index (Phi) is 5.11. The summed E-state index contributed by atoms with van der Waals surface area (Å²) in [4.78, 5) is 2.09. The van der Waals surface area contributed by atoms with Crippen LogP contribution in [0.25, 0.3) is 0 Å². The van der Waals surface area contributed by atoms with E-state index in [2.05, 4.69) is 26.9 Å². The quantitative estimate of drug-likeness (QED) is 0.788. The third-order valence-corrected chi connectivity index (χ3v) is 3.66. The van der Waals surface area contributed by atoms with Crippen LogP contribution in [0, 0.1) is 11.3 Å². The zero-order chi connectivity index (χ0) is 12.1. The average molecular weight is 302 g/mol. The van der Waals surface area contributed by atoms with Crippen LogP contribution in [0.5, 0.6) is 0 Å². The molecule has 2 nitrogen and oxygen atoms in total. The largest absolute Gasteiger partial charge is 0.371 e. The highest BCUT2D eigenvalue weighted by molar-refractivity contribution is 9.10. The van der Waals surface area contributed by atoms with Crippen molar-refractivity contribution < 1.29 is 0 Å². The van der Waals surface area contributed by atoms with E-state index >= 15 is 0 Å². The minimum atomic E-state index is 0.207. The SMILES string of the molecule is CC(CC#N)N(C)c1ccc(CCl)c(Br)c1. The number of hydrogen-bond donors (Lipinski definition) is 0. The number of nitrogens with zero attached hydrogens (tertiary/aromatic N) is 2. The molecule has 0 amide bonds. The van der Waals surface area contributed by atoms with Crippen LogP contribution in [0.4, 0.5) is 5.69 Å². The molecule has 0 saturated carbocycles. The summed E-state index contributed by atoms with van der Waals surface area (Å²) in [5, 5.41) is 8.67. The summed E-state index contributed by atoms with van der Waals surface area (Å²) < 4.78 is 1.01. The van der Waals surface area contributed by atoms with E-state index in [1.165, 1.54) is 0 Å². The van der Waals surface area contributed by atoms with Gasteiger partial charge in [-0.2, -0.15) is 5.26 Å². The van der Waals surface area contributed by atoms with Crippen molar-refractivity contribution in [1.29, 1.82) is 5.26 Å². The number of hydrogen-bond acceptors (Lipinski definition) is 2. The van der Waals surface area contributed by atoms with E-state index in [0.717, 1.165) is 15.7 Å². The molecule has 0 heterocycles. The molecule has 0 spiro atoms. The fourth-order valence-electron chi connectivity index (χ4n) is 1.39. The molecule has 1 aromatic rings. The van der Waals surface area contributed by atoms with Gasteiger partial charge in [-0.25, -0.2) is 0 Å². The number of benzene rings is 1. The van der Waals surface area contributed by atoms with E-state index in [4.69, 9.17) is 16.9 Å². The lowest BCUT2D eigenvalue weighted by Crippen LogP contribution is -2.28. The van der Waals surface area contributed by atoms with Crippen molar-refractivity contribution >= 4 is 33.2 Å². The van der Waals surface area contributed by atoms with Gasteiger partial charge in [0.15, 0.2) is 0 Å². The van der Waals surface area contributed by atoms with E-state index in [-0.39, 0.29) is 6.04 Å². The van der Waals surface area contributed by atoms with Crippen LogP contribution in [0.15, 0.2) is 22.7 Å². The molecule has 0 aliphatic rings. The van der Waals surface area contributed by atoms with Crippen molar-refractivity contribution in [3.63, 3.8) is 0 Å². The highest BCUT2D eigenvalue weighted by Gasteiger charge is 2.10. The maximum Gasteiger partial charge on any atom is 0.0643 e. The molecule has 1 unspecified atom stereocenters. The molecule has 86 valence electrons. The first kappa shape index (κ1) is 13.3. The van der Waals surface area contributed by atoms with Gasteiger partial charge in [0.2, 0.25) is 0 Å². The third kappa shape index (κ3) is 3.13. The predicted octanol–water partition coefficient (Wildman–Crippen LogP) is 3.93. The second kappa shape index (κ2) is 6.12. The first-order chi connectivity index (χ1) is 7.60. The maximum absolute atomic E-state index is 8.67. The zero-order valence-electron chi connectivity index (χ0n) is 9.37. The second-order valence-electron chi connectivity index (χ2n) is 3.73. The Morgan fingerprint density at radius 2 is 2.25 bits per heavy atom. The lowest BCUT2D eigenvalue weighted by Gasteiger charge is -2.25. The smallest absolute Gasteiger partial charge is 0.0643 e. The maximum atomic E-state index is 8.67. The van der Waals surface area contributed by atoms with Crippen LogP contribution in [0.3, 0.4) is 0 Å². The van der Waals surface area contributed by atoms with Gasteiger partial charge in [-0.3, -0.25) is 0 Å². The fourth-order valence-corrected chi connectivity index (χ4v) is 2.29. The molecular formula is C12H14BrClN2. The van der Waals surface area contributed by atoms with Gasteiger partial charge in [0.25, 0.3) is 0 Å². The topological polar surface area (TPSA) is 27.0 Å². The molecule has 0 fully saturated rings. The molecule has 0 aromatic heterocycles. The molecule has 0 aliphatic carbocycles. The average Bonchev–Trinajstić information content (AvgIpc) is 2.28. The van der Waals surface area contributed by atoms with E-state index in [1.807, 2.05) is 32.2 Å². The highest BCUT2D eigenvalue weighted by atomic mass is 79.9. The van der Waals surface area contributed by atoms with Gasteiger partial charge >= 0.3 is 0 Å². The summed E-state index contributed by atoms with van der Waals surface area (Å²) >= 11 is 9.28. The van der Waals surface area contributed by atoms with Crippen LogP contribution in [0.2, 0.25) is 0 Å². The van der Waals surface area contributed by atoms with E-state index < -0.39 is 0 Å². The minimum absolute atomic E-state index is 0.207. The van der Waals surface area contributed by atoms with Crippen LogP contribution >= 0.6 is 27.5 Å². The van der Waals surface area contributed by atoms with Crippen LogP contribution < -0.4 is 4.90 Å². The Morgan fingerprint density at radius 3 is 2.75 bits per heavy atom. The van der Waals surface area contributed by atoms with Crippen LogP contribution in [-0.4, -0.2) is 13.1 Å². The first-order valence-corrected chi connectivity index (χ1v) is 6.37. The van der Waals surface area contributed by atoms with E-state index in [9.17, 15) is 0 Å². The summed E-state index contributed by atoms with van der Waals surface area (Å²) in [6.07, 6.45) is 0.519. The Hall–Kier alpha value is -0.720. The molecule has 1 atom stereocenters. The second-order valence-corrected chi connectivity index (χ2v) is 4.85. The summed E-state index contributed by atoms with van der Waals surface area (Å²) in [6, 6.07) is 8.45. The molecule has 4 heteroatoms. The van der Waals surface area contributed by atoms with Gasteiger partial charge in [0, 0.05) is 29.1 Å². The van der Waals surface area contributed by atoms with Crippen LogP contribution in [0.1, 0.15) is 18.9 Å². The first-order valence-electron chi connectivity index (χ1n) is 5.04. The molecule has 0 radical (unpaired) electrons. The fraction of sp³-hybridized carbons (Fsp3) is 0.417. The normalized spacial score (nSPS) is 11.9. The molecule has 0 aliphatic heterocycles. The predicted molar refractivity (Wildman–Crippen MR) is 71.8 cm³/mol. The van der Waals surface area contributed by atoms with Crippen molar-refractivity contribution in [2.75, 3.05) is 11.9 Å². The number of alkyl halides is 1. The molecule has 1 rings (SSSR count). The van der Waals surface area contributed by atoms with Crippen molar-refractivity contribution in [3.05, 3.63) is 28.2 Å². The molecule has 0 bridgehead atoms. The minimum Gasteiger partial charge on any atom is -0.371 e. The van der Waals surface area contributed by atoms with Gasteiger partial charge in [-0.1, -0.05) is 22.0 Å². The van der Waals surface area contributed by atoms with Gasteiger partial charge in [0.05, 0.1) is 12.5 Å². The lowest BCUT2D eigenvalue weighted by atomic mass is 10.1. The van der Waals surface area contributed by atoms with E-state index in [1.54, 1.807) is 0 Å². The Labute approximate surface area is 110 Å². The Bertz CT molecular complexity index is 400. The number of nitriles is 1. The number of halogens is 2. The van der Waals surface area contributed by atoms with Crippen molar-refractivity contribution in [1.82, 2.24) is 0 Å². The van der Waals surface area contributed by atoms with Gasteiger partial charge in [-0.15, -0.1) is 11.6 Å². The molecule has 0 saturated heterocycles. The summed E-state index contributed by atoms with van der Waals surface area (Å²) in [5.74, 6) is 0.498. The summed E-state index contributed by atoms with van der Waals surface area (Å²) in [7, 11) is 1.99. The summed E-state index contributed by atoms with van der Waals surface area (Å²) in [6.45, 7) is 2.03. The monoisotopic (exact) mass is 300 g/mol. The molecule has 16 heavy (non-hydrogen) atoms. The van der Waals surface area contributed by atoms with Gasteiger partial charge in [0.1, 0.15) is 0 Å². The number of anilines is 1. The van der Waals surface area contributed by atoms with Crippen molar-refractivity contribution in [3.8, 4) is 6.07 Å². The lowest BCUT2D eigenvalue weighted by molar-refractivity contribution is 0.702. The zero-order valence-corrected chi connectivity index (χ0v) is 11.7. The van der Waals surface area contributed by atoms with Gasteiger partial charge in [-0.05, 0) is 24.6 Å². The van der Waals surface area contributed by atoms with Gasteiger partial charge < -0.3 is 4.90 Å². The summed E-state index contributed by atoms with van der Waals surface area (Å²) in [5.41, 5.74) is 2.16. The third-order valence-electron chi connectivity index (χ3n) is 2.64. The number of rotatable bonds is 4. The van der Waals surface area contributed by atoms with Crippen LogP contribution in [-0.2, 0) is 5.88 Å². The highest BCUT2D eigenvalue weighted by Crippen LogP contribution is 2.26. The van der Waals surface area contributed by atoms with E-state index in [0.29, 0.717) is 12.3 Å². The Balaban J connectivity index is 2.89. The molecule has 1 aromatic carbocycles. The van der Waals surface area contributed by atoms with Crippen molar-refractivity contribution in [2.45, 2.75) is 25.3 Å². The Morgan fingerprint density at radius 1 is 1.56 bits per heavy atom. The molecular weight excluding hydrogens is 288 g/mol.